The van der Waals surface area contributed by atoms with Crippen LogP contribution in [0.3, 0.4) is 0 Å². The van der Waals surface area contributed by atoms with Crippen molar-refractivity contribution in [1.29, 1.82) is 0 Å². The molecule has 0 saturated carbocycles. The average Bonchev–Trinajstić information content (AvgIpc) is 3.17. The van der Waals surface area contributed by atoms with Crippen molar-refractivity contribution < 1.29 is 18.0 Å². The van der Waals surface area contributed by atoms with E-state index in [0.717, 1.165) is 16.5 Å². The summed E-state index contributed by atoms with van der Waals surface area (Å²) < 4.78 is 39.7. The first-order valence-corrected chi connectivity index (χ1v) is 8.91. The van der Waals surface area contributed by atoms with Gasteiger partial charge in [0, 0.05) is 30.4 Å². The van der Waals surface area contributed by atoms with Crippen molar-refractivity contribution in [3.63, 3.8) is 0 Å². The summed E-state index contributed by atoms with van der Waals surface area (Å²) in [6, 6.07) is 0.151. The van der Waals surface area contributed by atoms with Gasteiger partial charge in [-0.1, -0.05) is 0 Å². The van der Waals surface area contributed by atoms with E-state index in [2.05, 4.69) is 15.1 Å². The molecule has 27 heavy (non-hydrogen) atoms. The number of aromatic nitrogens is 4. The third-order valence-electron chi connectivity index (χ3n) is 5.21. The molecule has 1 fully saturated rings. The molecule has 1 aliphatic heterocycles. The van der Waals surface area contributed by atoms with Gasteiger partial charge in [0.05, 0.1) is 0 Å². The SMILES string of the molecule is Cc1nc2nc(C(F)(F)F)nn2c(C)c1CCC(=O)N1CC(CN)CC1C. The van der Waals surface area contributed by atoms with Crippen LogP contribution in [-0.4, -0.2) is 49.5 Å². The molecule has 3 heterocycles. The topological polar surface area (TPSA) is 89.4 Å². The van der Waals surface area contributed by atoms with Crippen molar-refractivity contribution in [3.8, 4) is 0 Å². The van der Waals surface area contributed by atoms with Crippen molar-refractivity contribution in [2.75, 3.05) is 13.1 Å². The zero-order chi connectivity index (χ0) is 19.9. The Bertz CT molecular complexity index is 862. The van der Waals surface area contributed by atoms with Crippen LogP contribution in [-0.2, 0) is 17.4 Å². The number of carbonyl (C=O) groups is 1. The Morgan fingerprint density at radius 3 is 2.59 bits per heavy atom. The fourth-order valence-electron chi connectivity index (χ4n) is 3.73. The van der Waals surface area contributed by atoms with E-state index in [1.165, 1.54) is 0 Å². The number of aryl methyl sites for hydroxylation is 2. The van der Waals surface area contributed by atoms with E-state index < -0.39 is 12.0 Å². The van der Waals surface area contributed by atoms with Gasteiger partial charge >= 0.3 is 6.18 Å². The van der Waals surface area contributed by atoms with Crippen LogP contribution in [0.15, 0.2) is 0 Å². The summed E-state index contributed by atoms with van der Waals surface area (Å²) in [4.78, 5) is 22.0. The van der Waals surface area contributed by atoms with E-state index in [-0.39, 0.29) is 24.1 Å². The minimum Gasteiger partial charge on any atom is -0.340 e. The molecule has 2 aromatic heterocycles. The quantitative estimate of drug-likeness (QED) is 0.870. The van der Waals surface area contributed by atoms with Crippen molar-refractivity contribution in [2.24, 2.45) is 11.7 Å². The number of hydrogen-bond acceptors (Lipinski definition) is 5. The predicted molar refractivity (Wildman–Crippen MR) is 91.9 cm³/mol. The van der Waals surface area contributed by atoms with Crippen LogP contribution in [0.4, 0.5) is 13.2 Å². The molecular formula is C17H23F3N6O. The molecular weight excluding hydrogens is 361 g/mol. The number of likely N-dealkylation sites (tertiary alicyclic amines) is 1. The molecule has 1 amide bonds. The first-order valence-electron chi connectivity index (χ1n) is 8.91. The molecule has 3 rings (SSSR count). The van der Waals surface area contributed by atoms with E-state index in [1.54, 1.807) is 13.8 Å². The molecule has 7 nitrogen and oxygen atoms in total. The zero-order valence-electron chi connectivity index (χ0n) is 15.5. The number of rotatable bonds is 4. The van der Waals surface area contributed by atoms with E-state index in [4.69, 9.17) is 5.73 Å². The van der Waals surface area contributed by atoms with Gasteiger partial charge in [0.15, 0.2) is 0 Å². The highest BCUT2D eigenvalue weighted by molar-refractivity contribution is 5.77. The molecule has 2 atom stereocenters. The van der Waals surface area contributed by atoms with Gasteiger partial charge in [-0.2, -0.15) is 18.2 Å². The lowest BCUT2D eigenvalue weighted by atomic mass is 10.1. The van der Waals surface area contributed by atoms with Gasteiger partial charge in [0.25, 0.3) is 11.6 Å². The monoisotopic (exact) mass is 384 g/mol. The molecule has 0 aliphatic carbocycles. The van der Waals surface area contributed by atoms with Gasteiger partial charge in [0.2, 0.25) is 5.91 Å². The lowest BCUT2D eigenvalue weighted by Gasteiger charge is -2.22. The van der Waals surface area contributed by atoms with Crippen LogP contribution >= 0.6 is 0 Å². The fraction of sp³-hybridized carbons (Fsp3) is 0.647. The summed E-state index contributed by atoms with van der Waals surface area (Å²) in [6.45, 7) is 6.59. The molecule has 1 saturated heterocycles. The van der Waals surface area contributed by atoms with Crippen LogP contribution in [0.5, 0.6) is 0 Å². The predicted octanol–water partition coefficient (Wildman–Crippen LogP) is 1.89. The average molecular weight is 384 g/mol. The summed E-state index contributed by atoms with van der Waals surface area (Å²) in [5.74, 6) is -0.968. The Morgan fingerprint density at radius 2 is 2.00 bits per heavy atom. The first kappa shape index (κ1) is 19.5. The number of nitrogens with zero attached hydrogens (tertiary/aromatic N) is 5. The second-order valence-electron chi connectivity index (χ2n) is 7.14. The van der Waals surface area contributed by atoms with Gasteiger partial charge in [-0.3, -0.25) is 4.79 Å². The molecule has 2 N–H and O–H groups in total. The summed E-state index contributed by atoms with van der Waals surface area (Å²) in [5, 5.41) is 3.53. The maximum atomic E-state index is 12.9. The first-order chi connectivity index (χ1) is 12.6. The minimum atomic E-state index is -4.63. The Labute approximate surface area is 154 Å². The summed E-state index contributed by atoms with van der Waals surface area (Å²) in [7, 11) is 0. The normalized spacial score (nSPS) is 20.6. The van der Waals surface area contributed by atoms with Gasteiger partial charge < -0.3 is 10.6 Å². The highest BCUT2D eigenvalue weighted by atomic mass is 19.4. The molecule has 0 aromatic carbocycles. The molecule has 1 aliphatic rings. The number of amides is 1. The van der Waals surface area contributed by atoms with Gasteiger partial charge in [-0.05, 0) is 51.6 Å². The van der Waals surface area contributed by atoms with E-state index >= 15 is 0 Å². The van der Waals surface area contributed by atoms with Gasteiger partial charge in [-0.25, -0.2) is 9.50 Å². The van der Waals surface area contributed by atoms with Crippen molar-refractivity contribution >= 4 is 11.7 Å². The largest absolute Gasteiger partial charge is 0.453 e. The standard InChI is InChI=1S/C17H23F3N6O/c1-9-6-12(7-21)8-25(9)14(27)5-4-13-10(2)22-16-23-15(17(18,19)20)24-26(16)11(13)3/h9,12H,4-8,21H2,1-3H3. The summed E-state index contributed by atoms with van der Waals surface area (Å²) in [6.07, 6.45) is -3.09. The fourth-order valence-corrected chi connectivity index (χ4v) is 3.73. The minimum absolute atomic E-state index is 0.0203. The number of fused-ring (bicyclic) bond motifs is 1. The lowest BCUT2D eigenvalue weighted by Crippen LogP contribution is -2.34. The van der Waals surface area contributed by atoms with Crippen molar-refractivity contribution in [2.45, 2.75) is 52.3 Å². The molecule has 2 aromatic rings. The molecule has 0 bridgehead atoms. The molecule has 10 heteroatoms. The second-order valence-corrected chi connectivity index (χ2v) is 7.14. The maximum Gasteiger partial charge on any atom is 0.453 e. The molecule has 0 radical (unpaired) electrons. The van der Waals surface area contributed by atoms with Crippen LogP contribution in [0, 0.1) is 19.8 Å². The van der Waals surface area contributed by atoms with E-state index in [9.17, 15) is 18.0 Å². The second kappa shape index (κ2) is 7.06. The van der Waals surface area contributed by atoms with Crippen LogP contribution < -0.4 is 5.73 Å². The highest BCUT2D eigenvalue weighted by Gasteiger charge is 2.37. The third kappa shape index (κ3) is 3.76. The number of nitrogens with two attached hydrogens (primary N) is 1. The van der Waals surface area contributed by atoms with Gasteiger partial charge in [-0.15, -0.1) is 5.10 Å². The summed E-state index contributed by atoms with van der Waals surface area (Å²) in [5.41, 5.74) is 7.50. The Balaban J connectivity index is 1.80. The highest BCUT2D eigenvalue weighted by Crippen LogP contribution is 2.27. The summed E-state index contributed by atoms with van der Waals surface area (Å²) >= 11 is 0. The lowest BCUT2D eigenvalue weighted by molar-refractivity contribution is -0.144. The molecule has 148 valence electrons. The van der Waals surface area contributed by atoms with Crippen LogP contribution in [0.2, 0.25) is 0 Å². The van der Waals surface area contributed by atoms with Crippen molar-refractivity contribution in [1.82, 2.24) is 24.5 Å². The van der Waals surface area contributed by atoms with Crippen molar-refractivity contribution in [3.05, 3.63) is 22.8 Å². The molecule has 0 spiro atoms. The number of alkyl halides is 3. The maximum absolute atomic E-state index is 12.9. The number of halogens is 3. The Morgan fingerprint density at radius 1 is 1.30 bits per heavy atom. The van der Waals surface area contributed by atoms with Crippen LogP contribution in [0.1, 0.15) is 42.5 Å². The zero-order valence-corrected chi connectivity index (χ0v) is 15.5. The molecule has 2 unspecified atom stereocenters. The third-order valence-corrected chi connectivity index (χ3v) is 5.21. The van der Waals surface area contributed by atoms with E-state index in [0.29, 0.717) is 36.8 Å². The number of carbonyl (C=O) groups excluding carboxylic acids is 1. The van der Waals surface area contributed by atoms with Crippen LogP contribution in [0.25, 0.3) is 5.78 Å². The number of hydrogen-bond donors (Lipinski definition) is 1. The van der Waals surface area contributed by atoms with Gasteiger partial charge in [0.1, 0.15) is 0 Å². The smallest absolute Gasteiger partial charge is 0.340 e. The Kier molecular flexibility index (Phi) is 5.11. The van der Waals surface area contributed by atoms with E-state index in [1.807, 2.05) is 11.8 Å². The Hall–Kier alpha value is -2.23.